The number of hydrogen-bond donors (Lipinski definition) is 0. The minimum Gasteiger partial charge on any atom is -0.259 e. The number of halogens is 1. The minimum absolute atomic E-state index is 0.396. The van der Waals surface area contributed by atoms with Crippen molar-refractivity contribution in [2.45, 2.75) is 19.8 Å². The molecule has 11 heavy (non-hydrogen) atoms. The minimum atomic E-state index is 0.396. The van der Waals surface area contributed by atoms with Crippen molar-refractivity contribution in [3.8, 4) is 0 Å². The van der Waals surface area contributed by atoms with E-state index in [1.807, 2.05) is 12.3 Å². The highest BCUT2D eigenvalue weighted by molar-refractivity contribution is 7.27. The normalized spacial score (nSPS) is 10.6. The molecule has 0 aliphatic carbocycles. The Labute approximate surface area is 74.4 Å². The van der Waals surface area contributed by atoms with E-state index < -0.39 is 0 Å². The summed E-state index contributed by atoms with van der Waals surface area (Å²) in [5.41, 5.74) is 0.970. The second-order valence-electron chi connectivity index (χ2n) is 2.79. The Kier molecular flexibility index (Phi) is 2.86. The van der Waals surface area contributed by atoms with Gasteiger partial charge in [0.2, 0.25) is 0 Å². The Balaban J connectivity index is 3.09. The molecule has 0 aliphatic rings. The molecule has 0 amide bonds. The van der Waals surface area contributed by atoms with Gasteiger partial charge in [-0.2, -0.15) is 0 Å². The molecule has 0 N–H and O–H groups in total. The summed E-state index contributed by atoms with van der Waals surface area (Å²) in [5, 5.41) is 1.78. The molecule has 1 unspecified atom stereocenters. The summed E-state index contributed by atoms with van der Waals surface area (Å²) in [7, 11) is 2.57. The first-order valence-corrected chi connectivity index (χ1v) is 4.47. The molecule has 0 fully saturated rings. The first-order chi connectivity index (χ1) is 5.11. The van der Waals surface area contributed by atoms with Crippen LogP contribution >= 0.6 is 20.8 Å². The first kappa shape index (κ1) is 8.96. The maximum Gasteiger partial charge on any atom is 0.0630 e. The average Bonchev–Trinajstić information content (AvgIpc) is 1.85. The maximum atomic E-state index is 5.95. The van der Waals surface area contributed by atoms with Crippen LogP contribution in [-0.4, -0.2) is 4.98 Å². The predicted molar refractivity (Wildman–Crippen MR) is 52.7 cm³/mol. The summed E-state index contributed by atoms with van der Waals surface area (Å²) in [6.45, 7) is 4.16. The molecule has 0 aliphatic heterocycles. The second kappa shape index (κ2) is 3.51. The SMILES string of the molecule is CC(C)c1ncc(P)cc1Cl. The van der Waals surface area contributed by atoms with Crippen molar-refractivity contribution in [2.75, 3.05) is 0 Å². The molecular formula is C8H11ClNP. The zero-order chi connectivity index (χ0) is 8.43. The predicted octanol–water partition coefficient (Wildman–Crippen LogP) is 2.36. The van der Waals surface area contributed by atoms with Gasteiger partial charge in [-0.05, 0) is 17.3 Å². The molecule has 0 saturated carbocycles. The van der Waals surface area contributed by atoms with E-state index in [1.165, 1.54) is 0 Å². The Morgan fingerprint density at radius 3 is 2.64 bits per heavy atom. The number of rotatable bonds is 1. The van der Waals surface area contributed by atoms with Crippen molar-refractivity contribution < 1.29 is 0 Å². The van der Waals surface area contributed by atoms with E-state index in [0.717, 1.165) is 16.0 Å². The molecule has 3 heteroatoms. The smallest absolute Gasteiger partial charge is 0.0630 e. The van der Waals surface area contributed by atoms with Crippen molar-refractivity contribution in [2.24, 2.45) is 0 Å². The van der Waals surface area contributed by atoms with E-state index in [1.54, 1.807) is 0 Å². The van der Waals surface area contributed by atoms with Gasteiger partial charge in [0.05, 0.1) is 10.7 Å². The van der Waals surface area contributed by atoms with E-state index in [9.17, 15) is 0 Å². The second-order valence-corrected chi connectivity index (χ2v) is 3.86. The summed E-state index contributed by atoms with van der Waals surface area (Å²) >= 11 is 5.95. The average molecular weight is 188 g/mol. The van der Waals surface area contributed by atoms with Gasteiger partial charge in [-0.25, -0.2) is 0 Å². The highest BCUT2D eigenvalue weighted by Crippen LogP contribution is 2.20. The monoisotopic (exact) mass is 187 g/mol. The van der Waals surface area contributed by atoms with E-state index in [-0.39, 0.29) is 0 Å². The summed E-state index contributed by atoms with van der Waals surface area (Å²) in [5.74, 6) is 0.396. The fourth-order valence-corrected chi connectivity index (χ4v) is 1.63. The summed E-state index contributed by atoms with van der Waals surface area (Å²) < 4.78 is 0. The summed E-state index contributed by atoms with van der Waals surface area (Å²) in [6.07, 6.45) is 1.81. The molecule has 0 saturated heterocycles. The van der Waals surface area contributed by atoms with Crippen LogP contribution in [-0.2, 0) is 0 Å². The van der Waals surface area contributed by atoms with Gasteiger partial charge in [0.1, 0.15) is 0 Å². The van der Waals surface area contributed by atoms with E-state index >= 15 is 0 Å². The van der Waals surface area contributed by atoms with Crippen molar-refractivity contribution in [1.29, 1.82) is 0 Å². The Hall–Kier alpha value is -0.130. The lowest BCUT2D eigenvalue weighted by Crippen LogP contribution is -1.99. The molecule has 60 valence electrons. The van der Waals surface area contributed by atoms with Crippen molar-refractivity contribution in [3.63, 3.8) is 0 Å². The van der Waals surface area contributed by atoms with Gasteiger partial charge in [-0.3, -0.25) is 4.98 Å². The van der Waals surface area contributed by atoms with Crippen molar-refractivity contribution in [3.05, 3.63) is 23.0 Å². The quantitative estimate of drug-likeness (QED) is 0.615. The number of hydrogen-bond acceptors (Lipinski definition) is 1. The highest BCUT2D eigenvalue weighted by Gasteiger charge is 2.05. The molecule has 0 aromatic carbocycles. The zero-order valence-electron chi connectivity index (χ0n) is 6.63. The molecule has 1 aromatic heterocycles. The van der Waals surface area contributed by atoms with Crippen LogP contribution in [0.15, 0.2) is 12.3 Å². The Morgan fingerprint density at radius 1 is 1.55 bits per heavy atom. The molecule has 0 spiro atoms. The first-order valence-electron chi connectivity index (χ1n) is 3.52. The highest BCUT2D eigenvalue weighted by atomic mass is 35.5. The molecule has 1 nitrogen and oxygen atoms in total. The van der Waals surface area contributed by atoms with E-state index in [2.05, 4.69) is 28.1 Å². The maximum absolute atomic E-state index is 5.95. The van der Waals surface area contributed by atoms with Gasteiger partial charge in [-0.1, -0.05) is 25.4 Å². The Morgan fingerprint density at radius 2 is 2.18 bits per heavy atom. The van der Waals surface area contributed by atoms with Gasteiger partial charge in [-0.15, -0.1) is 9.24 Å². The molecule has 1 heterocycles. The molecule has 0 bridgehead atoms. The van der Waals surface area contributed by atoms with E-state index in [4.69, 9.17) is 11.6 Å². The third kappa shape index (κ3) is 2.15. The van der Waals surface area contributed by atoms with Gasteiger partial charge < -0.3 is 0 Å². The number of pyridine rings is 1. The van der Waals surface area contributed by atoms with Gasteiger partial charge in [0.25, 0.3) is 0 Å². The van der Waals surface area contributed by atoms with Crippen LogP contribution < -0.4 is 5.30 Å². The number of aromatic nitrogens is 1. The molecular weight excluding hydrogens is 177 g/mol. The van der Waals surface area contributed by atoms with Gasteiger partial charge >= 0.3 is 0 Å². The topological polar surface area (TPSA) is 12.9 Å². The van der Waals surface area contributed by atoms with Gasteiger partial charge in [0.15, 0.2) is 0 Å². The third-order valence-corrected chi connectivity index (χ3v) is 2.06. The number of nitrogens with zero attached hydrogens (tertiary/aromatic N) is 1. The largest absolute Gasteiger partial charge is 0.259 e. The third-order valence-electron chi connectivity index (χ3n) is 1.44. The standard InChI is InChI=1S/C8H11ClNP/c1-5(2)8-7(9)3-6(11)4-10-8/h3-5H,11H2,1-2H3. The molecule has 1 rings (SSSR count). The molecule has 1 atom stereocenters. The van der Waals surface area contributed by atoms with Crippen LogP contribution in [0.5, 0.6) is 0 Å². The van der Waals surface area contributed by atoms with Crippen LogP contribution in [0.1, 0.15) is 25.5 Å². The lowest BCUT2D eigenvalue weighted by Gasteiger charge is -2.06. The zero-order valence-corrected chi connectivity index (χ0v) is 8.55. The van der Waals surface area contributed by atoms with Crippen LogP contribution in [0.3, 0.4) is 0 Å². The van der Waals surface area contributed by atoms with Crippen LogP contribution in [0.4, 0.5) is 0 Å². The van der Waals surface area contributed by atoms with E-state index in [0.29, 0.717) is 5.92 Å². The Bertz CT molecular complexity index is 260. The molecule has 0 radical (unpaired) electrons. The summed E-state index contributed by atoms with van der Waals surface area (Å²) in [6, 6.07) is 1.91. The van der Waals surface area contributed by atoms with Crippen LogP contribution in [0.25, 0.3) is 0 Å². The van der Waals surface area contributed by atoms with Crippen molar-refractivity contribution in [1.82, 2.24) is 4.98 Å². The lowest BCUT2D eigenvalue weighted by molar-refractivity contribution is 0.824. The van der Waals surface area contributed by atoms with Gasteiger partial charge in [0, 0.05) is 6.20 Å². The lowest BCUT2D eigenvalue weighted by atomic mass is 10.1. The van der Waals surface area contributed by atoms with Crippen LogP contribution in [0, 0.1) is 0 Å². The fraction of sp³-hybridized carbons (Fsp3) is 0.375. The molecule has 1 aromatic rings. The van der Waals surface area contributed by atoms with Crippen molar-refractivity contribution >= 4 is 26.1 Å². The fourth-order valence-electron chi connectivity index (χ4n) is 0.888. The summed E-state index contributed by atoms with van der Waals surface area (Å²) in [4.78, 5) is 4.22. The van der Waals surface area contributed by atoms with Crippen LogP contribution in [0.2, 0.25) is 5.02 Å².